The van der Waals surface area contributed by atoms with Crippen molar-refractivity contribution in [1.82, 2.24) is 9.78 Å². The molecule has 1 aromatic heterocycles. The van der Waals surface area contributed by atoms with E-state index in [1.54, 1.807) is 6.20 Å². The summed E-state index contributed by atoms with van der Waals surface area (Å²) in [5.74, 6) is 0. The van der Waals surface area contributed by atoms with Gasteiger partial charge in [-0.3, -0.25) is 0 Å². The number of rotatable bonds is 2. The van der Waals surface area contributed by atoms with Crippen LogP contribution in [0.25, 0.3) is 5.69 Å². The van der Waals surface area contributed by atoms with Gasteiger partial charge in [0.15, 0.2) is 0 Å². The van der Waals surface area contributed by atoms with Crippen LogP contribution in [0.15, 0.2) is 35.1 Å². The lowest BCUT2D eigenvalue weighted by Gasteiger charge is -2.06. The second-order valence-corrected chi connectivity index (χ2v) is 4.33. The van der Waals surface area contributed by atoms with Gasteiger partial charge in [0, 0.05) is 12.7 Å². The van der Waals surface area contributed by atoms with E-state index in [9.17, 15) is 0 Å². The molecule has 0 spiro atoms. The largest absolute Gasteiger partial charge is 0.326 e. The molecule has 0 aliphatic carbocycles. The van der Waals surface area contributed by atoms with Crippen LogP contribution in [-0.2, 0) is 6.54 Å². The summed E-state index contributed by atoms with van der Waals surface area (Å²) in [6, 6.07) is 6.15. The average molecular weight is 266 g/mol. The van der Waals surface area contributed by atoms with Crippen molar-refractivity contribution in [1.29, 1.82) is 0 Å². The second-order valence-electron chi connectivity index (χ2n) is 3.42. The third-order valence-electron chi connectivity index (χ3n) is 2.36. The zero-order valence-corrected chi connectivity index (χ0v) is 10.0. The number of nitrogens with two attached hydrogens (primary N) is 1. The van der Waals surface area contributed by atoms with E-state index in [2.05, 4.69) is 34.0 Å². The second kappa shape index (κ2) is 4.16. The van der Waals surface area contributed by atoms with Gasteiger partial charge in [0.2, 0.25) is 0 Å². The summed E-state index contributed by atoms with van der Waals surface area (Å²) < 4.78 is 2.81. The number of benzene rings is 1. The maximum absolute atomic E-state index is 5.61. The van der Waals surface area contributed by atoms with Crippen molar-refractivity contribution >= 4 is 15.9 Å². The van der Waals surface area contributed by atoms with Gasteiger partial charge in [0.25, 0.3) is 0 Å². The first kappa shape index (κ1) is 10.4. The van der Waals surface area contributed by atoms with Gasteiger partial charge in [-0.05, 0) is 46.1 Å². The highest BCUT2D eigenvalue weighted by atomic mass is 79.9. The number of hydrogen-bond acceptors (Lipinski definition) is 2. The topological polar surface area (TPSA) is 43.8 Å². The first-order valence-electron chi connectivity index (χ1n) is 4.71. The highest BCUT2D eigenvalue weighted by molar-refractivity contribution is 9.10. The van der Waals surface area contributed by atoms with Gasteiger partial charge in [0.05, 0.1) is 16.4 Å². The lowest BCUT2D eigenvalue weighted by atomic mass is 10.1. The summed E-state index contributed by atoms with van der Waals surface area (Å²) in [6.45, 7) is 2.64. The molecule has 4 heteroatoms. The minimum absolute atomic E-state index is 0.578. The lowest BCUT2D eigenvalue weighted by molar-refractivity contribution is 0.876. The van der Waals surface area contributed by atoms with Crippen LogP contribution in [0.2, 0.25) is 0 Å². The molecule has 2 rings (SSSR count). The molecule has 0 amide bonds. The Labute approximate surface area is 97.0 Å². The zero-order valence-electron chi connectivity index (χ0n) is 8.44. The molecule has 0 aliphatic rings. The number of hydrogen-bond donors (Lipinski definition) is 1. The van der Waals surface area contributed by atoms with Crippen LogP contribution in [0.5, 0.6) is 0 Å². The Morgan fingerprint density at radius 1 is 1.47 bits per heavy atom. The molecule has 2 N–H and O–H groups in total. The predicted molar refractivity (Wildman–Crippen MR) is 63.9 cm³/mol. The summed E-state index contributed by atoms with van der Waals surface area (Å²) in [7, 11) is 0. The van der Waals surface area contributed by atoms with Gasteiger partial charge < -0.3 is 5.73 Å². The molecule has 0 atom stereocenters. The molecule has 0 radical (unpaired) electrons. The van der Waals surface area contributed by atoms with E-state index in [0.717, 1.165) is 10.2 Å². The van der Waals surface area contributed by atoms with Gasteiger partial charge in [0.1, 0.15) is 0 Å². The monoisotopic (exact) mass is 265 g/mol. The van der Waals surface area contributed by atoms with Crippen molar-refractivity contribution < 1.29 is 0 Å². The Morgan fingerprint density at radius 3 is 2.80 bits per heavy atom. The highest BCUT2D eigenvalue weighted by Gasteiger charge is 2.01. The summed E-state index contributed by atoms with van der Waals surface area (Å²) in [5.41, 5.74) is 9.03. The third kappa shape index (κ3) is 2.11. The van der Waals surface area contributed by atoms with Crippen molar-refractivity contribution in [3.63, 3.8) is 0 Å². The molecule has 78 valence electrons. The highest BCUT2D eigenvalue weighted by Crippen LogP contribution is 2.16. The van der Waals surface area contributed by atoms with E-state index < -0.39 is 0 Å². The van der Waals surface area contributed by atoms with Crippen molar-refractivity contribution in [2.24, 2.45) is 5.73 Å². The number of aryl methyl sites for hydroxylation is 1. The van der Waals surface area contributed by atoms with E-state index in [0.29, 0.717) is 6.54 Å². The minimum Gasteiger partial charge on any atom is -0.326 e. The lowest BCUT2D eigenvalue weighted by Crippen LogP contribution is -2.01. The maximum atomic E-state index is 5.61. The Kier molecular flexibility index (Phi) is 2.88. The molecule has 0 aliphatic heterocycles. The van der Waals surface area contributed by atoms with Crippen LogP contribution >= 0.6 is 15.9 Å². The predicted octanol–water partition coefficient (Wildman–Crippen LogP) is 2.40. The fourth-order valence-corrected chi connectivity index (χ4v) is 1.78. The van der Waals surface area contributed by atoms with Gasteiger partial charge in [-0.1, -0.05) is 6.07 Å². The van der Waals surface area contributed by atoms with E-state index in [-0.39, 0.29) is 0 Å². The average Bonchev–Trinajstić information content (AvgIpc) is 2.65. The van der Waals surface area contributed by atoms with Crippen LogP contribution < -0.4 is 5.73 Å². The summed E-state index contributed by atoms with van der Waals surface area (Å²) >= 11 is 3.37. The Morgan fingerprint density at radius 2 is 2.27 bits per heavy atom. The van der Waals surface area contributed by atoms with Crippen LogP contribution in [0.3, 0.4) is 0 Å². The molecule has 0 fully saturated rings. The van der Waals surface area contributed by atoms with Crippen LogP contribution in [0.1, 0.15) is 11.1 Å². The molecule has 1 heterocycles. The molecule has 2 aromatic rings. The van der Waals surface area contributed by atoms with Crippen molar-refractivity contribution in [3.8, 4) is 5.69 Å². The molecule has 0 saturated heterocycles. The summed E-state index contributed by atoms with van der Waals surface area (Å²) in [4.78, 5) is 0. The fourth-order valence-electron chi connectivity index (χ4n) is 1.49. The van der Waals surface area contributed by atoms with E-state index in [1.165, 1.54) is 11.1 Å². The normalized spacial score (nSPS) is 10.6. The van der Waals surface area contributed by atoms with E-state index in [4.69, 9.17) is 5.73 Å². The molecular weight excluding hydrogens is 254 g/mol. The quantitative estimate of drug-likeness (QED) is 0.907. The maximum Gasteiger partial charge on any atom is 0.0648 e. The van der Waals surface area contributed by atoms with Crippen LogP contribution in [0.4, 0.5) is 0 Å². The molecule has 3 nitrogen and oxygen atoms in total. The first-order valence-corrected chi connectivity index (χ1v) is 5.50. The number of nitrogens with zero attached hydrogens (tertiary/aromatic N) is 2. The van der Waals surface area contributed by atoms with E-state index >= 15 is 0 Å². The Balaban J connectivity index is 2.42. The van der Waals surface area contributed by atoms with Gasteiger partial charge >= 0.3 is 0 Å². The minimum atomic E-state index is 0.578. The molecule has 1 aromatic carbocycles. The molecule has 0 unspecified atom stereocenters. The van der Waals surface area contributed by atoms with Crippen molar-refractivity contribution in [3.05, 3.63) is 46.2 Å². The Hall–Kier alpha value is -1.13. The van der Waals surface area contributed by atoms with Gasteiger partial charge in [-0.15, -0.1) is 0 Å². The smallest absolute Gasteiger partial charge is 0.0648 e. The summed E-state index contributed by atoms with van der Waals surface area (Å²) in [6.07, 6.45) is 3.70. The Bertz CT molecular complexity index is 476. The molecular formula is C11H12BrN3. The third-order valence-corrected chi connectivity index (χ3v) is 2.77. The van der Waals surface area contributed by atoms with Crippen LogP contribution in [0, 0.1) is 6.92 Å². The SMILES string of the molecule is Cc1cc(-n2cc(Br)cn2)ccc1CN. The van der Waals surface area contributed by atoms with Gasteiger partial charge in [-0.25, -0.2) is 4.68 Å². The number of aromatic nitrogens is 2. The van der Waals surface area contributed by atoms with Crippen LogP contribution in [-0.4, -0.2) is 9.78 Å². The molecule has 15 heavy (non-hydrogen) atoms. The van der Waals surface area contributed by atoms with Crippen molar-refractivity contribution in [2.75, 3.05) is 0 Å². The first-order chi connectivity index (χ1) is 7.20. The summed E-state index contributed by atoms with van der Waals surface area (Å²) in [5, 5.41) is 4.22. The molecule has 0 saturated carbocycles. The van der Waals surface area contributed by atoms with Gasteiger partial charge in [-0.2, -0.15) is 5.10 Å². The van der Waals surface area contributed by atoms with E-state index in [1.807, 2.05) is 23.0 Å². The standard InChI is InChI=1S/C11H12BrN3/c1-8-4-11(3-2-9(8)5-13)15-7-10(12)6-14-15/h2-4,6-7H,5,13H2,1H3. The van der Waals surface area contributed by atoms with Crippen molar-refractivity contribution in [2.45, 2.75) is 13.5 Å². The molecule has 0 bridgehead atoms. The fraction of sp³-hybridized carbons (Fsp3) is 0.182. The zero-order chi connectivity index (χ0) is 10.8. The number of halogens is 1.